The first-order chi connectivity index (χ1) is 13.9. The predicted molar refractivity (Wildman–Crippen MR) is 104 cm³/mol. The molecule has 3 rings (SSSR count). The molecule has 0 bridgehead atoms. The third-order valence-electron chi connectivity index (χ3n) is 3.95. The van der Waals surface area contributed by atoms with Crippen LogP contribution in [0.4, 0.5) is 11.4 Å². The number of carbonyl (C=O) groups is 1. The van der Waals surface area contributed by atoms with Gasteiger partial charge in [0.05, 0.1) is 21.6 Å². The number of rotatable bonds is 6. The van der Waals surface area contributed by atoms with Gasteiger partial charge in [0.15, 0.2) is 0 Å². The molecule has 1 aromatic heterocycles. The molecule has 0 radical (unpaired) electrons. The summed E-state index contributed by atoms with van der Waals surface area (Å²) in [5, 5.41) is 26.0. The molecule has 1 heterocycles. The molecular formula is C19H14N4O6. The predicted octanol–water partition coefficient (Wildman–Crippen LogP) is 3.84. The lowest BCUT2D eigenvalue weighted by Gasteiger charge is -2.01. The number of hydrogen-bond donors (Lipinski definition) is 1. The third-order valence-corrected chi connectivity index (χ3v) is 3.95. The van der Waals surface area contributed by atoms with Gasteiger partial charge in [0.2, 0.25) is 0 Å². The highest BCUT2D eigenvalue weighted by molar-refractivity contribution is 5.98. The molecule has 10 nitrogen and oxygen atoms in total. The Morgan fingerprint density at radius 1 is 1.03 bits per heavy atom. The maximum atomic E-state index is 12.1. The molecular weight excluding hydrogens is 380 g/mol. The molecule has 0 spiro atoms. The zero-order chi connectivity index (χ0) is 21.0. The molecule has 0 aliphatic heterocycles. The van der Waals surface area contributed by atoms with Gasteiger partial charge >= 0.3 is 0 Å². The van der Waals surface area contributed by atoms with Gasteiger partial charge in [0.25, 0.3) is 17.3 Å². The Morgan fingerprint density at radius 3 is 2.48 bits per heavy atom. The fourth-order valence-corrected chi connectivity index (χ4v) is 2.61. The van der Waals surface area contributed by atoms with Crippen molar-refractivity contribution in [3.63, 3.8) is 0 Å². The summed E-state index contributed by atoms with van der Waals surface area (Å²) in [6.07, 6.45) is 1.19. The fraction of sp³-hybridized carbons (Fsp3) is 0.0526. The number of nitro groups is 2. The van der Waals surface area contributed by atoms with Crippen molar-refractivity contribution in [1.29, 1.82) is 0 Å². The molecule has 2 aromatic carbocycles. The van der Waals surface area contributed by atoms with E-state index >= 15 is 0 Å². The molecule has 29 heavy (non-hydrogen) atoms. The van der Waals surface area contributed by atoms with Crippen LogP contribution in [-0.4, -0.2) is 22.0 Å². The summed E-state index contributed by atoms with van der Waals surface area (Å²) in [5.74, 6) is -0.254. The number of aryl methyl sites for hydroxylation is 1. The van der Waals surface area contributed by atoms with Crippen molar-refractivity contribution in [1.82, 2.24) is 5.43 Å². The number of nitrogens with one attached hydrogen (secondary N) is 1. The molecule has 0 saturated carbocycles. The second-order valence-corrected chi connectivity index (χ2v) is 5.95. The first-order valence-corrected chi connectivity index (χ1v) is 8.29. The topological polar surface area (TPSA) is 141 Å². The molecule has 0 unspecified atom stereocenters. The average molecular weight is 394 g/mol. The van der Waals surface area contributed by atoms with Gasteiger partial charge in [-0.15, -0.1) is 0 Å². The maximum absolute atomic E-state index is 12.1. The van der Waals surface area contributed by atoms with E-state index in [9.17, 15) is 25.0 Å². The number of furan rings is 1. The van der Waals surface area contributed by atoms with Crippen LogP contribution >= 0.6 is 0 Å². The van der Waals surface area contributed by atoms with E-state index in [1.54, 1.807) is 25.1 Å². The van der Waals surface area contributed by atoms with E-state index in [-0.39, 0.29) is 28.5 Å². The summed E-state index contributed by atoms with van der Waals surface area (Å²) in [6.45, 7) is 1.75. The SMILES string of the molecule is Cc1ccc(-c2ccc(/C=N\NC(=O)c3ccccc3[N+](=O)[O-])o2)c([N+](=O)[O-])c1. The van der Waals surface area contributed by atoms with Crippen LogP contribution in [0.1, 0.15) is 21.7 Å². The van der Waals surface area contributed by atoms with Crippen LogP contribution in [-0.2, 0) is 0 Å². The van der Waals surface area contributed by atoms with Crippen molar-refractivity contribution in [2.75, 3.05) is 0 Å². The average Bonchev–Trinajstić information content (AvgIpc) is 3.16. The molecule has 10 heteroatoms. The van der Waals surface area contributed by atoms with Crippen LogP contribution < -0.4 is 5.43 Å². The van der Waals surface area contributed by atoms with Gasteiger partial charge in [-0.2, -0.15) is 5.10 Å². The van der Waals surface area contributed by atoms with Gasteiger partial charge in [-0.25, -0.2) is 5.43 Å². The van der Waals surface area contributed by atoms with Gasteiger partial charge < -0.3 is 4.42 Å². The summed E-state index contributed by atoms with van der Waals surface area (Å²) in [4.78, 5) is 33.2. The Kier molecular flexibility index (Phi) is 5.44. The van der Waals surface area contributed by atoms with Crippen LogP contribution in [0.15, 0.2) is 64.1 Å². The molecule has 0 atom stereocenters. The van der Waals surface area contributed by atoms with Crippen LogP contribution in [0.3, 0.4) is 0 Å². The number of nitrogens with zero attached hydrogens (tertiary/aromatic N) is 3. The number of para-hydroxylation sites is 1. The monoisotopic (exact) mass is 394 g/mol. The molecule has 1 amide bonds. The lowest BCUT2D eigenvalue weighted by atomic mass is 10.1. The van der Waals surface area contributed by atoms with E-state index in [1.165, 1.54) is 42.6 Å². The minimum absolute atomic E-state index is 0.0903. The van der Waals surface area contributed by atoms with Crippen LogP contribution in [0.25, 0.3) is 11.3 Å². The number of hydrazone groups is 1. The van der Waals surface area contributed by atoms with Crippen molar-refractivity contribution in [3.05, 3.63) is 91.7 Å². The Morgan fingerprint density at radius 2 is 1.76 bits per heavy atom. The van der Waals surface area contributed by atoms with Crippen molar-refractivity contribution in [3.8, 4) is 11.3 Å². The number of benzene rings is 2. The van der Waals surface area contributed by atoms with E-state index in [1.807, 2.05) is 0 Å². The van der Waals surface area contributed by atoms with Crippen LogP contribution in [0.2, 0.25) is 0 Å². The van der Waals surface area contributed by atoms with Crippen LogP contribution in [0, 0.1) is 27.2 Å². The first kappa shape index (κ1) is 19.4. The van der Waals surface area contributed by atoms with E-state index < -0.39 is 15.8 Å². The van der Waals surface area contributed by atoms with E-state index in [0.717, 1.165) is 5.56 Å². The van der Waals surface area contributed by atoms with Gasteiger partial charge in [-0.05, 0) is 36.8 Å². The summed E-state index contributed by atoms with van der Waals surface area (Å²) in [5.41, 5.74) is 2.67. The second-order valence-electron chi connectivity index (χ2n) is 5.95. The smallest absolute Gasteiger partial charge is 0.282 e. The summed E-state index contributed by atoms with van der Waals surface area (Å²) < 4.78 is 5.54. The molecule has 0 aliphatic rings. The van der Waals surface area contributed by atoms with Gasteiger partial charge in [0.1, 0.15) is 17.1 Å². The van der Waals surface area contributed by atoms with Gasteiger partial charge in [0, 0.05) is 12.1 Å². The first-order valence-electron chi connectivity index (χ1n) is 8.29. The van der Waals surface area contributed by atoms with Crippen LogP contribution in [0.5, 0.6) is 0 Å². The molecule has 3 aromatic rings. The number of hydrogen-bond acceptors (Lipinski definition) is 7. The summed E-state index contributed by atoms with van der Waals surface area (Å²) in [7, 11) is 0. The zero-order valence-electron chi connectivity index (χ0n) is 15.1. The Bertz CT molecular complexity index is 1140. The van der Waals surface area contributed by atoms with E-state index in [4.69, 9.17) is 4.42 Å². The molecule has 0 fully saturated rings. The quantitative estimate of drug-likeness (QED) is 0.382. The Hall–Kier alpha value is -4.34. The lowest BCUT2D eigenvalue weighted by Crippen LogP contribution is -2.18. The van der Waals surface area contributed by atoms with Gasteiger partial charge in [-0.1, -0.05) is 18.2 Å². The Balaban J connectivity index is 1.76. The molecule has 0 aliphatic carbocycles. The zero-order valence-corrected chi connectivity index (χ0v) is 15.1. The van der Waals surface area contributed by atoms with Crippen molar-refractivity contribution in [2.45, 2.75) is 6.92 Å². The highest BCUT2D eigenvalue weighted by Gasteiger charge is 2.19. The minimum atomic E-state index is -0.755. The fourth-order valence-electron chi connectivity index (χ4n) is 2.61. The summed E-state index contributed by atoms with van der Waals surface area (Å²) >= 11 is 0. The Labute approximate surface area is 163 Å². The minimum Gasteiger partial charge on any atom is -0.455 e. The molecule has 0 saturated heterocycles. The number of carbonyl (C=O) groups excluding carboxylic acids is 1. The lowest BCUT2D eigenvalue weighted by molar-refractivity contribution is -0.385. The number of amides is 1. The van der Waals surface area contributed by atoms with E-state index in [0.29, 0.717) is 5.56 Å². The van der Waals surface area contributed by atoms with Crippen molar-refractivity contribution in [2.24, 2.45) is 5.10 Å². The molecule has 1 N–H and O–H groups in total. The van der Waals surface area contributed by atoms with Crippen molar-refractivity contribution < 1.29 is 19.1 Å². The van der Waals surface area contributed by atoms with Crippen molar-refractivity contribution >= 4 is 23.5 Å². The molecule has 146 valence electrons. The maximum Gasteiger partial charge on any atom is 0.282 e. The van der Waals surface area contributed by atoms with E-state index in [2.05, 4.69) is 10.5 Å². The standard InChI is InChI=1S/C19H14N4O6/c1-12-6-8-14(17(10-12)23(27)28)18-9-7-13(29-18)11-20-21-19(24)15-4-2-3-5-16(15)22(25)26/h2-11H,1H3,(H,21,24)/b20-11-. The largest absolute Gasteiger partial charge is 0.455 e. The highest BCUT2D eigenvalue weighted by atomic mass is 16.6. The number of nitro benzene ring substituents is 2. The third kappa shape index (κ3) is 4.33. The highest BCUT2D eigenvalue weighted by Crippen LogP contribution is 2.31. The van der Waals surface area contributed by atoms with Gasteiger partial charge in [-0.3, -0.25) is 25.0 Å². The normalized spacial score (nSPS) is 10.8. The summed E-state index contributed by atoms with van der Waals surface area (Å²) in [6, 6.07) is 13.3. The second kappa shape index (κ2) is 8.13.